The maximum atomic E-state index is 11.7. The van der Waals surface area contributed by atoms with E-state index in [0.717, 1.165) is 0 Å². The van der Waals surface area contributed by atoms with Gasteiger partial charge in [0.1, 0.15) is 0 Å². The first-order valence-electron chi connectivity index (χ1n) is 5.31. The van der Waals surface area contributed by atoms with E-state index in [1.807, 2.05) is 6.92 Å². The highest BCUT2D eigenvalue weighted by molar-refractivity contribution is 7.89. The summed E-state index contributed by atoms with van der Waals surface area (Å²) in [5.41, 5.74) is 5.58. The fourth-order valence-corrected chi connectivity index (χ4v) is 2.19. The number of nitrogens with zero attached hydrogens (tertiary/aromatic N) is 1. The largest absolute Gasteiger partial charge is 0.390 e. The molecule has 0 fully saturated rings. The van der Waals surface area contributed by atoms with E-state index in [1.54, 1.807) is 12.1 Å². The fraction of sp³-hybridized carbons (Fsp3) is 0.500. The molecular weight excluding hydrogens is 242 g/mol. The molecule has 0 spiro atoms. The highest BCUT2D eigenvalue weighted by Gasteiger charge is 2.19. The maximum absolute atomic E-state index is 11.7. The number of sulfonamides is 1. The lowest BCUT2D eigenvalue weighted by Crippen LogP contribution is -2.43. The molecular formula is C10H17N3O3S. The Kier molecular flexibility index (Phi) is 5.01. The molecule has 6 nitrogen and oxygen atoms in total. The maximum Gasteiger partial charge on any atom is 0.258 e. The van der Waals surface area contributed by atoms with E-state index in [4.69, 9.17) is 5.73 Å². The monoisotopic (exact) mass is 259 g/mol. The van der Waals surface area contributed by atoms with Crippen LogP contribution in [0, 0.1) is 0 Å². The Bertz CT molecular complexity index is 435. The lowest BCUT2D eigenvalue weighted by Gasteiger charge is -2.17. The number of rotatable bonds is 6. The van der Waals surface area contributed by atoms with Gasteiger partial charge in [0, 0.05) is 18.8 Å². The number of aromatic nitrogens is 1. The molecule has 2 atom stereocenters. The standard InChI is InChI=1S/C10H17N3O3S/c1-2-8(11)9(14)7-13-17(15,16)10-5-3-4-6-12-10/h3-6,8-9,13-14H,2,7,11H2,1H3/t8-,9+/m0/s1. The predicted molar refractivity (Wildman–Crippen MR) is 63.7 cm³/mol. The summed E-state index contributed by atoms with van der Waals surface area (Å²) in [5, 5.41) is 9.48. The number of aliphatic hydroxyl groups excluding tert-OH is 1. The van der Waals surface area contributed by atoms with E-state index in [-0.39, 0.29) is 11.6 Å². The van der Waals surface area contributed by atoms with Gasteiger partial charge in [-0.05, 0) is 18.6 Å². The molecule has 0 aliphatic rings. The van der Waals surface area contributed by atoms with Crippen LogP contribution in [0.25, 0.3) is 0 Å². The average Bonchev–Trinajstić information content (AvgIpc) is 2.36. The van der Waals surface area contributed by atoms with Crippen molar-refractivity contribution < 1.29 is 13.5 Å². The number of hydrogen-bond acceptors (Lipinski definition) is 5. The van der Waals surface area contributed by atoms with E-state index < -0.39 is 22.2 Å². The molecule has 0 unspecified atom stereocenters. The first-order valence-corrected chi connectivity index (χ1v) is 6.80. The van der Waals surface area contributed by atoms with Crippen molar-refractivity contribution in [3.05, 3.63) is 24.4 Å². The summed E-state index contributed by atoms with van der Waals surface area (Å²) in [6.45, 7) is 1.70. The van der Waals surface area contributed by atoms with Crippen LogP contribution in [0.2, 0.25) is 0 Å². The molecule has 1 heterocycles. The van der Waals surface area contributed by atoms with Crippen LogP contribution in [0.15, 0.2) is 29.4 Å². The molecule has 0 saturated heterocycles. The molecule has 0 aliphatic heterocycles. The summed E-state index contributed by atoms with van der Waals surface area (Å²) in [6.07, 6.45) is 1.06. The molecule has 0 aromatic carbocycles. The van der Waals surface area contributed by atoms with Gasteiger partial charge in [0.2, 0.25) is 0 Å². The molecule has 7 heteroatoms. The van der Waals surface area contributed by atoms with Crippen molar-refractivity contribution in [3.8, 4) is 0 Å². The average molecular weight is 259 g/mol. The number of pyridine rings is 1. The Labute approximate surface area is 101 Å². The van der Waals surface area contributed by atoms with Crippen molar-refractivity contribution >= 4 is 10.0 Å². The van der Waals surface area contributed by atoms with Crippen LogP contribution in [0.3, 0.4) is 0 Å². The van der Waals surface area contributed by atoms with Gasteiger partial charge in [-0.15, -0.1) is 0 Å². The van der Waals surface area contributed by atoms with Crippen LogP contribution in [-0.4, -0.2) is 37.2 Å². The predicted octanol–water partition coefficient (Wildman–Crippen LogP) is -0.542. The van der Waals surface area contributed by atoms with Gasteiger partial charge in [-0.3, -0.25) is 0 Å². The number of aliphatic hydroxyl groups is 1. The number of hydrogen-bond donors (Lipinski definition) is 3. The van der Waals surface area contributed by atoms with Crippen LogP contribution >= 0.6 is 0 Å². The summed E-state index contributed by atoms with van der Waals surface area (Å²) in [4.78, 5) is 3.73. The summed E-state index contributed by atoms with van der Waals surface area (Å²) in [5.74, 6) is 0. The van der Waals surface area contributed by atoms with Gasteiger partial charge in [-0.1, -0.05) is 13.0 Å². The van der Waals surface area contributed by atoms with Gasteiger partial charge in [0.05, 0.1) is 6.10 Å². The van der Waals surface area contributed by atoms with Crippen molar-refractivity contribution in [1.82, 2.24) is 9.71 Å². The minimum Gasteiger partial charge on any atom is -0.390 e. The Morgan fingerprint density at radius 1 is 1.53 bits per heavy atom. The van der Waals surface area contributed by atoms with E-state index >= 15 is 0 Å². The summed E-state index contributed by atoms with van der Waals surface area (Å²) >= 11 is 0. The fourth-order valence-electron chi connectivity index (χ4n) is 1.20. The van der Waals surface area contributed by atoms with Gasteiger partial charge >= 0.3 is 0 Å². The second kappa shape index (κ2) is 6.06. The normalized spacial score (nSPS) is 15.5. The zero-order chi connectivity index (χ0) is 12.9. The van der Waals surface area contributed by atoms with E-state index in [1.165, 1.54) is 12.3 Å². The Balaban J connectivity index is 2.63. The quantitative estimate of drug-likeness (QED) is 0.636. The molecule has 0 radical (unpaired) electrons. The topological polar surface area (TPSA) is 105 Å². The molecule has 96 valence electrons. The zero-order valence-corrected chi connectivity index (χ0v) is 10.4. The SMILES string of the molecule is CC[C@H](N)[C@H](O)CNS(=O)(=O)c1ccccn1. The van der Waals surface area contributed by atoms with E-state index in [9.17, 15) is 13.5 Å². The van der Waals surface area contributed by atoms with Gasteiger partial charge in [-0.25, -0.2) is 18.1 Å². The molecule has 0 amide bonds. The van der Waals surface area contributed by atoms with E-state index in [2.05, 4.69) is 9.71 Å². The molecule has 1 aromatic heterocycles. The van der Waals surface area contributed by atoms with Crippen molar-refractivity contribution in [2.45, 2.75) is 30.5 Å². The van der Waals surface area contributed by atoms with Crippen LogP contribution in [0.1, 0.15) is 13.3 Å². The van der Waals surface area contributed by atoms with Gasteiger partial charge < -0.3 is 10.8 Å². The Hall–Kier alpha value is -1.02. The summed E-state index contributed by atoms with van der Waals surface area (Å²) < 4.78 is 25.7. The van der Waals surface area contributed by atoms with Gasteiger partial charge in [-0.2, -0.15) is 0 Å². The molecule has 0 bridgehead atoms. The third kappa shape index (κ3) is 4.04. The summed E-state index contributed by atoms with van der Waals surface area (Å²) in [6, 6.07) is 4.15. The van der Waals surface area contributed by atoms with Crippen molar-refractivity contribution in [2.24, 2.45) is 5.73 Å². The first kappa shape index (κ1) is 14.0. The van der Waals surface area contributed by atoms with Crippen LogP contribution < -0.4 is 10.5 Å². The third-order valence-corrected chi connectivity index (χ3v) is 3.70. The minimum atomic E-state index is -3.67. The van der Waals surface area contributed by atoms with Crippen molar-refractivity contribution in [2.75, 3.05) is 6.54 Å². The van der Waals surface area contributed by atoms with E-state index in [0.29, 0.717) is 6.42 Å². The lowest BCUT2D eigenvalue weighted by atomic mass is 10.1. The number of nitrogens with two attached hydrogens (primary N) is 1. The van der Waals surface area contributed by atoms with Crippen LogP contribution in [0.4, 0.5) is 0 Å². The molecule has 17 heavy (non-hydrogen) atoms. The molecule has 0 aliphatic carbocycles. The van der Waals surface area contributed by atoms with Crippen molar-refractivity contribution in [3.63, 3.8) is 0 Å². The van der Waals surface area contributed by atoms with Gasteiger partial charge in [0.15, 0.2) is 5.03 Å². The first-order chi connectivity index (χ1) is 7.97. The second-order valence-electron chi connectivity index (χ2n) is 3.66. The lowest BCUT2D eigenvalue weighted by molar-refractivity contribution is 0.146. The molecule has 4 N–H and O–H groups in total. The molecule has 1 aromatic rings. The molecule has 0 saturated carbocycles. The van der Waals surface area contributed by atoms with Crippen molar-refractivity contribution in [1.29, 1.82) is 0 Å². The molecule has 1 rings (SSSR count). The third-order valence-electron chi connectivity index (χ3n) is 2.36. The minimum absolute atomic E-state index is 0.0720. The van der Waals surface area contributed by atoms with Crippen LogP contribution in [0.5, 0.6) is 0 Å². The summed E-state index contributed by atoms with van der Waals surface area (Å²) in [7, 11) is -3.67. The second-order valence-corrected chi connectivity index (χ2v) is 5.37. The zero-order valence-electron chi connectivity index (χ0n) is 9.57. The highest BCUT2D eigenvalue weighted by atomic mass is 32.2. The smallest absolute Gasteiger partial charge is 0.258 e. The highest BCUT2D eigenvalue weighted by Crippen LogP contribution is 2.03. The number of nitrogens with one attached hydrogen (secondary N) is 1. The van der Waals surface area contributed by atoms with Crippen LogP contribution in [-0.2, 0) is 10.0 Å². The van der Waals surface area contributed by atoms with Gasteiger partial charge in [0.25, 0.3) is 10.0 Å². The Morgan fingerprint density at radius 2 is 2.24 bits per heavy atom. The Morgan fingerprint density at radius 3 is 2.76 bits per heavy atom.